The number of ether oxygens (including phenoxy) is 1. The van der Waals surface area contributed by atoms with E-state index in [9.17, 15) is 13.2 Å². The Morgan fingerprint density at radius 1 is 1.26 bits per heavy atom. The number of nitrogens with zero attached hydrogens (tertiary/aromatic N) is 1. The summed E-state index contributed by atoms with van der Waals surface area (Å²) in [5, 5.41) is 0. The highest BCUT2D eigenvalue weighted by molar-refractivity contribution is 7.91. The molecule has 19 heavy (non-hydrogen) atoms. The van der Waals surface area contributed by atoms with Crippen LogP contribution in [0.3, 0.4) is 0 Å². The van der Waals surface area contributed by atoms with Gasteiger partial charge in [0, 0.05) is 13.1 Å². The summed E-state index contributed by atoms with van der Waals surface area (Å²) >= 11 is 0. The Kier molecular flexibility index (Phi) is 4.21. The number of Topliss-reactive ketones (excluding diaryl/α,β-unsaturated/α-hetero) is 1. The highest BCUT2D eigenvalue weighted by atomic mass is 32.2. The quantitative estimate of drug-likeness (QED) is 0.758. The second-order valence-electron chi connectivity index (χ2n) is 4.55. The van der Waals surface area contributed by atoms with Crippen LogP contribution >= 0.6 is 0 Å². The number of sulfone groups is 1. The number of hydrogen-bond donors (Lipinski definition) is 0. The van der Waals surface area contributed by atoms with E-state index < -0.39 is 9.84 Å². The highest BCUT2D eigenvalue weighted by Gasteiger charge is 2.24. The topological polar surface area (TPSA) is 63.7 Å². The summed E-state index contributed by atoms with van der Waals surface area (Å²) in [4.78, 5) is 14.1. The summed E-state index contributed by atoms with van der Waals surface area (Å²) in [5.74, 6) is 0.771. The first kappa shape index (κ1) is 14.0. The zero-order valence-electron chi connectivity index (χ0n) is 10.8. The maximum atomic E-state index is 12.2. The minimum atomic E-state index is -2.91. The summed E-state index contributed by atoms with van der Waals surface area (Å²) in [5.41, 5.74) is 0.540. The predicted octanol–water partition coefficient (Wildman–Crippen LogP) is 0.608. The molecule has 1 aromatic rings. The van der Waals surface area contributed by atoms with Crippen LogP contribution in [0.15, 0.2) is 24.3 Å². The minimum Gasteiger partial charge on any atom is -0.496 e. The maximum Gasteiger partial charge on any atom is 0.180 e. The van der Waals surface area contributed by atoms with Gasteiger partial charge in [0.25, 0.3) is 0 Å². The fraction of sp³-hybridized carbons (Fsp3) is 0.462. The lowest BCUT2D eigenvalue weighted by molar-refractivity contribution is 0.0933. The second kappa shape index (κ2) is 5.71. The smallest absolute Gasteiger partial charge is 0.180 e. The number of benzene rings is 1. The molecule has 0 amide bonds. The van der Waals surface area contributed by atoms with Gasteiger partial charge in [-0.15, -0.1) is 0 Å². The largest absolute Gasteiger partial charge is 0.496 e. The lowest BCUT2D eigenvalue weighted by Crippen LogP contribution is -2.42. The summed E-state index contributed by atoms with van der Waals surface area (Å²) in [7, 11) is -1.38. The third-order valence-corrected chi connectivity index (χ3v) is 4.82. The molecule has 104 valence electrons. The van der Waals surface area contributed by atoms with Gasteiger partial charge in [-0.3, -0.25) is 9.69 Å². The standard InChI is InChI=1S/C13H17NO4S/c1-18-13-5-3-2-4-11(13)12(15)10-14-6-8-19(16,17)9-7-14/h2-5H,6-10H2,1H3. The molecule has 2 rings (SSSR count). The molecule has 0 atom stereocenters. The number of carbonyl (C=O) groups is 1. The Labute approximate surface area is 113 Å². The van der Waals surface area contributed by atoms with Crippen molar-refractivity contribution in [1.29, 1.82) is 0 Å². The number of methoxy groups -OCH3 is 1. The number of rotatable bonds is 4. The fourth-order valence-corrected chi connectivity index (χ4v) is 3.35. The maximum absolute atomic E-state index is 12.2. The molecule has 6 heteroatoms. The van der Waals surface area contributed by atoms with Crippen LogP contribution in [-0.4, -0.2) is 57.4 Å². The monoisotopic (exact) mass is 283 g/mol. The van der Waals surface area contributed by atoms with Crippen LogP contribution in [0.2, 0.25) is 0 Å². The van der Waals surface area contributed by atoms with Gasteiger partial charge in [-0.25, -0.2) is 8.42 Å². The van der Waals surface area contributed by atoms with Gasteiger partial charge in [0.2, 0.25) is 0 Å². The Morgan fingerprint density at radius 2 is 1.89 bits per heavy atom. The highest BCUT2D eigenvalue weighted by Crippen LogP contribution is 2.18. The average molecular weight is 283 g/mol. The van der Waals surface area contributed by atoms with E-state index in [1.807, 2.05) is 11.0 Å². The van der Waals surface area contributed by atoms with Gasteiger partial charge in [0.05, 0.1) is 30.7 Å². The number of para-hydroxylation sites is 1. The molecule has 0 saturated carbocycles. The van der Waals surface area contributed by atoms with Gasteiger partial charge in [-0.1, -0.05) is 12.1 Å². The molecule has 0 radical (unpaired) electrons. The second-order valence-corrected chi connectivity index (χ2v) is 6.86. The molecule has 1 heterocycles. The van der Waals surface area contributed by atoms with Gasteiger partial charge in [-0.05, 0) is 12.1 Å². The number of hydrogen-bond acceptors (Lipinski definition) is 5. The minimum absolute atomic E-state index is 0.0447. The van der Waals surface area contributed by atoms with Crippen LogP contribution in [0.1, 0.15) is 10.4 Å². The van der Waals surface area contributed by atoms with Crippen LogP contribution in [-0.2, 0) is 9.84 Å². The molecule has 1 aromatic carbocycles. The third kappa shape index (κ3) is 3.54. The van der Waals surface area contributed by atoms with Crippen LogP contribution < -0.4 is 4.74 Å². The first-order valence-electron chi connectivity index (χ1n) is 6.11. The third-order valence-electron chi connectivity index (χ3n) is 3.21. The molecule has 0 N–H and O–H groups in total. The molecule has 0 bridgehead atoms. The van der Waals surface area contributed by atoms with Crippen molar-refractivity contribution in [1.82, 2.24) is 4.90 Å². The molecule has 0 aromatic heterocycles. The Balaban J connectivity index is 2.02. The van der Waals surface area contributed by atoms with E-state index in [-0.39, 0.29) is 23.8 Å². The molecule has 1 aliphatic rings. The summed E-state index contributed by atoms with van der Waals surface area (Å²) < 4.78 is 27.8. The molecule has 0 spiro atoms. The molecule has 0 unspecified atom stereocenters. The van der Waals surface area contributed by atoms with E-state index in [1.54, 1.807) is 18.2 Å². The normalized spacial score (nSPS) is 19.0. The SMILES string of the molecule is COc1ccccc1C(=O)CN1CCS(=O)(=O)CC1. The van der Waals surface area contributed by atoms with Gasteiger partial charge < -0.3 is 4.74 Å². The first-order chi connectivity index (χ1) is 9.02. The van der Waals surface area contributed by atoms with Crippen molar-refractivity contribution >= 4 is 15.6 Å². The van der Waals surface area contributed by atoms with Crippen molar-refractivity contribution in [2.45, 2.75) is 0 Å². The van der Waals surface area contributed by atoms with Crippen LogP contribution in [0.5, 0.6) is 5.75 Å². The fourth-order valence-electron chi connectivity index (χ4n) is 2.07. The Hall–Kier alpha value is -1.40. The van der Waals surface area contributed by atoms with Gasteiger partial charge in [0.1, 0.15) is 5.75 Å². The van der Waals surface area contributed by atoms with E-state index in [0.29, 0.717) is 24.4 Å². The first-order valence-corrected chi connectivity index (χ1v) is 7.93. The van der Waals surface area contributed by atoms with Gasteiger partial charge in [0.15, 0.2) is 15.6 Å². The summed E-state index contributed by atoms with van der Waals surface area (Å²) in [6, 6.07) is 7.06. The summed E-state index contributed by atoms with van der Waals surface area (Å²) in [6.07, 6.45) is 0. The molecular formula is C13H17NO4S. The zero-order chi connectivity index (χ0) is 13.9. The van der Waals surface area contributed by atoms with Crippen LogP contribution in [0, 0.1) is 0 Å². The van der Waals surface area contributed by atoms with E-state index in [4.69, 9.17) is 4.74 Å². The average Bonchev–Trinajstić information content (AvgIpc) is 2.41. The Morgan fingerprint density at radius 3 is 2.53 bits per heavy atom. The van der Waals surface area contributed by atoms with Crippen molar-refractivity contribution in [2.75, 3.05) is 38.2 Å². The van der Waals surface area contributed by atoms with Gasteiger partial charge in [-0.2, -0.15) is 0 Å². The van der Waals surface area contributed by atoms with Crippen molar-refractivity contribution < 1.29 is 17.9 Å². The lowest BCUT2D eigenvalue weighted by atomic mass is 10.1. The van der Waals surface area contributed by atoms with Crippen molar-refractivity contribution in [3.05, 3.63) is 29.8 Å². The van der Waals surface area contributed by atoms with E-state index in [2.05, 4.69) is 0 Å². The van der Waals surface area contributed by atoms with Crippen molar-refractivity contribution in [2.24, 2.45) is 0 Å². The number of carbonyl (C=O) groups excluding carboxylic acids is 1. The van der Waals surface area contributed by atoms with E-state index >= 15 is 0 Å². The van der Waals surface area contributed by atoms with E-state index in [1.165, 1.54) is 7.11 Å². The van der Waals surface area contributed by atoms with E-state index in [0.717, 1.165) is 0 Å². The lowest BCUT2D eigenvalue weighted by Gasteiger charge is -2.25. The van der Waals surface area contributed by atoms with Crippen molar-refractivity contribution in [3.8, 4) is 5.75 Å². The number of ketones is 1. The molecule has 1 saturated heterocycles. The van der Waals surface area contributed by atoms with Gasteiger partial charge >= 0.3 is 0 Å². The zero-order valence-corrected chi connectivity index (χ0v) is 11.6. The Bertz CT molecular complexity index is 554. The molecule has 1 aliphatic heterocycles. The molecule has 5 nitrogen and oxygen atoms in total. The van der Waals surface area contributed by atoms with Crippen molar-refractivity contribution in [3.63, 3.8) is 0 Å². The van der Waals surface area contributed by atoms with Crippen LogP contribution in [0.25, 0.3) is 0 Å². The summed E-state index contributed by atoms with van der Waals surface area (Å²) in [6.45, 7) is 1.07. The predicted molar refractivity (Wildman–Crippen MR) is 72.4 cm³/mol. The molecule has 1 fully saturated rings. The van der Waals surface area contributed by atoms with Crippen LogP contribution in [0.4, 0.5) is 0 Å². The molecule has 0 aliphatic carbocycles. The molecular weight excluding hydrogens is 266 g/mol.